The van der Waals surface area contributed by atoms with Crippen molar-refractivity contribution in [2.24, 2.45) is 5.14 Å². The lowest BCUT2D eigenvalue weighted by Crippen LogP contribution is -2.15. The molecule has 2 aromatic carbocycles. The fourth-order valence-electron chi connectivity index (χ4n) is 3.50. The van der Waals surface area contributed by atoms with Gasteiger partial charge in [-0.15, -0.1) is 0 Å². The van der Waals surface area contributed by atoms with Crippen molar-refractivity contribution in [2.75, 3.05) is 0 Å². The van der Waals surface area contributed by atoms with E-state index in [0.29, 0.717) is 11.3 Å². The Morgan fingerprint density at radius 1 is 1.18 bits per heavy atom. The number of benzene rings is 2. The van der Waals surface area contributed by atoms with Crippen molar-refractivity contribution in [1.29, 1.82) is 0 Å². The molecule has 0 atom stereocenters. The Balaban J connectivity index is 1.98. The van der Waals surface area contributed by atoms with Crippen LogP contribution in [0.4, 0.5) is 13.2 Å². The van der Waals surface area contributed by atoms with Crippen molar-refractivity contribution in [3.8, 4) is 16.9 Å². The van der Waals surface area contributed by atoms with E-state index in [9.17, 15) is 26.7 Å². The van der Waals surface area contributed by atoms with Gasteiger partial charge in [-0.2, -0.15) is 18.3 Å². The second-order valence-corrected chi connectivity index (χ2v) is 7.94. The van der Waals surface area contributed by atoms with Crippen LogP contribution in [0.1, 0.15) is 22.4 Å². The number of sulfonamides is 1. The summed E-state index contributed by atoms with van der Waals surface area (Å²) in [7, 11) is -4.09. The molecule has 146 valence electrons. The summed E-state index contributed by atoms with van der Waals surface area (Å²) < 4.78 is 65.1. The summed E-state index contributed by atoms with van der Waals surface area (Å²) in [5.74, 6) is 0. The van der Waals surface area contributed by atoms with E-state index in [-0.39, 0.29) is 28.1 Å². The highest BCUT2D eigenvalue weighted by atomic mass is 32.2. The Hall–Kier alpha value is -2.69. The molecule has 10 heteroatoms. The third-order valence-corrected chi connectivity index (χ3v) is 5.67. The molecule has 0 saturated heterocycles. The van der Waals surface area contributed by atoms with E-state index in [0.717, 1.165) is 16.3 Å². The molecule has 0 fully saturated rings. The van der Waals surface area contributed by atoms with Crippen LogP contribution in [0.5, 0.6) is 0 Å². The first-order chi connectivity index (χ1) is 13.1. The van der Waals surface area contributed by atoms with Gasteiger partial charge in [-0.05, 0) is 29.3 Å². The minimum Gasteiger partial charge on any atom is -0.392 e. The maximum atomic E-state index is 13.5. The van der Waals surface area contributed by atoms with Gasteiger partial charge in [-0.25, -0.2) is 18.2 Å². The van der Waals surface area contributed by atoms with Gasteiger partial charge in [0.05, 0.1) is 22.9 Å². The largest absolute Gasteiger partial charge is 0.435 e. The molecular formula is C18H14F3N3O3S. The Bertz CT molecular complexity index is 1200. The maximum Gasteiger partial charge on any atom is 0.435 e. The highest BCUT2D eigenvalue weighted by molar-refractivity contribution is 7.89. The molecule has 1 aliphatic carbocycles. The van der Waals surface area contributed by atoms with Crippen LogP contribution in [0, 0.1) is 0 Å². The minimum atomic E-state index is -4.64. The molecule has 6 nitrogen and oxygen atoms in total. The van der Waals surface area contributed by atoms with E-state index in [2.05, 4.69) is 5.10 Å². The van der Waals surface area contributed by atoms with Crippen molar-refractivity contribution in [3.05, 3.63) is 64.8 Å². The van der Waals surface area contributed by atoms with E-state index in [1.165, 1.54) is 12.1 Å². The topological polar surface area (TPSA) is 98.2 Å². The molecule has 0 bridgehead atoms. The predicted molar refractivity (Wildman–Crippen MR) is 94.1 cm³/mol. The lowest BCUT2D eigenvalue weighted by atomic mass is 10.1. The highest BCUT2D eigenvalue weighted by Crippen LogP contribution is 2.44. The molecule has 28 heavy (non-hydrogen) atoms. The van der Waals surface area contributed by atoms with Crippen LogP contribution in [0.15, 0.2) is 47.4 Å². The minimum absolute atomic E-state index is 0.0240. The lowest BCUT2D eigenvalue weighted by Gasteiger charge is -2.11. The van der Waals surface area contributed by atoms with Crippen molar-refractivity contribution >= 4 is 10.0 Å². The monoisotopic (exact) mass is 409 g/mol. The van der Waals surface area contributed by atoms with Crippen molar-refractivity contribution < 1.29 is 26.7 Å². The van der Waals surface area contributed by atoms with Crippen molar-refractivity contribution in [2.45, 2.75) is 24.1 Å². The van der Waals surface area contributed by atoms with Gasteiger partial charge in [0.25, 0.3) is 0 Å². The Morgan fingerprint density at radius 3 is 2.54 bits per heavy atom. The number of aliphatic hydroxyl groups is 1. The summed E-state index contributed by atoms with van der Waals surface area (Å²) >= 11 is 0. The first-order valence-electron chi connectivity index (χ1n) is 8.15. The number of alkyl halides is 3. The molecular weight excluding hydrogens is 395 g/mol. The van der Waals surface area contributed by atoms with E-state index in [1.54, 1.807) is 24.3 Å². The molecule has 3 N–H and O–H groups in total. The zero-order valence-corrected chi connectivity index (χ0v) is 15.0. The van der Waals surface area contributed by atoms with Crippen LogP contribution < -0.4 is 5.14 Å². The van der Waals surface area contributed by atoms with Gasteiger partial charge in [-0.1, -0.05) is 24.3 Å². The van der Waals surface area contributed by atoms with Crippen molar-refractivity contribution in [1.82, 2.24) is 9.78 Å². The van der Waals surface area contributed by atoms with E-state index < -0.39 is 28.5 Å². The van der Waals surface area contributed by atoms with E-state index >= 15 is 0 Å². The number of nitrogens with two attached hydrogens (primary N) is 1. The molecule has 1 aliphatic rings. The molecule has 4 rings (SSSR count). The maximum absolute atomic E-state index is 13.5. The number of primary sulfonamides is 1. The number of aromatic nitrogens is 2. The van der Waals surface area contributed by atoms with Crippen LogP contribution >= 0.6 is 0 Å². The fraction of sp³-hybridized carbons (Fsp3) is 0.167. The molecule has 0 amide bonds. The fourth-order valence-corrected chi connectivity index (χ4v) is 4.25. The SMILES string of the molecule is NS(=O)(=O)c1ccc(-n2nc(C(F)(F)F)c3c2-c2ccccc2C3)cc1CO. The van der Waals surface area contributed by atoms with E-state index in [1.807, 2.05) is 0 Å². The third kappa shape index (κ3) is 2.89. The summed E-state index contributed by atoms with van der Waals surface area (Å²) in [6, 6.07) is 10.7. The summed E-state index contributed by atoms with van der Waals surface area (Å²) in [5, 5.41) is 18.4. The quantitative estimate of drug-likeness (QED) is 0.543. The van der Waals surface area contributed by atoms with Gasteiger partial charge in [-0.3, -0.25) is 0 Å². The van der Waals surface area contributed by atoms with Gasteiger partial charge in [0.2, 0.25) is 10.0 Å². The van der Waals surface area contributed by atoms with E-state index in [4.69, 9.17) is 5.14 Å². The summed E-state index contributed by atoms with van der Waals surface area (Å²) in [6.07, 6.45) is -4.54. The molecule has 0 radical (unpaired) electrons. The number of halogens is 3. The Kier molecular flexibility index (Phi) is 4.11. The second-order valence-electron chi connectivity index (χ2n) is 6.41. The van der Waals surface area contributed by atoms with Gasteiger partial charge < -0.3 is 5.11 Å². The average Bonchev–Trinajstić information content (AvgIpc) is 3.17. The molecule has 1 heterocycles. The summed E-state index contributed by atoms with van der Waals surface area (Å²) in [6.45, 7) is -0.647. The lowest BCUT2D eigenvalue weighted by molar-refractivity contribution is -0.141. The average molecular weight is 409 g/mol. The molecule has 0 saturated carbocycles. The van der Waals surface area contributed by atoms with Crippen LogP contribution in [-0.2, 0) is 29.2 Å². The number of fused-ring (bicyclic) bond motifs is 3. The zero-order valence-electron chi connectivity index (χ0n) is 14.2. The van der Waals surface area contributed by atoms with Gasteiger partial charge >= 0.3 is 6.18 Å². The Labute approximate surface area is 158 Å². The normalized spacial score (nSPS) is 13.5. The number of nitrogens with zero attached hydrogens (tertiary/aromatic N) is 2. The Morgan fingerprint density at radius 2 is 1.89 bits per heavy atom. The van der Waals surface area contributed by atoms with Gasteiger partial charge in [0, 0.05) is 17.5 Å². The number of rotatable bonds is 3. The standard InChI is InChI=1S/C18H14F3N3O3S/c19-18(20,21)17-14-8-10-3-1-2-4-13(10)16(14)24(23-17)12-5-6-15(28(22,26)27)11(7-12)9-25/h1-7,25H,8-9H2,(H2,22,26,27). The molecule has 0 unspecified atom stereocenters. The second kappa shape index (κ2) is 6.16. The first-order valence-corrected chi connectivity index (χ1v) is 9.70. The van der Waals surface area contributed by atoms with Crippen LogP contribution in [-0.4, -0.2) is 23.3 Å². The van der Waals surface area contributed by atoms with Crippen LogP contribution in [0.25, 0.3) is 16.9 Å². The molecule has 3 aromatic rings. The highest BCUT2D eigenvalue weighted by Gasteiger charge is 2.41. The van der Waals surface area contributed by atoms with Gasteiger partial charge in [0.1, 0.15) is 0 Å². The summed E-state index contributed by atoms with van der Waals surface area (Å²) in [4.78, 5) is -0.293. The molecule has 0 aliphatic heterocycles. The molecule has 0 spiro atoms. The molecule has 1 aromatic heterocycles. The first kappa shape index (κ1) is 18.7. The number of hydrogen-bond acceptors (Lipinski definition) is 4. The van der Waals surface area contributed by atoms with Gasteiger partial charge in [0.15, 0.2) is 5.69 Å². The zero-order chi connectivity index (χ0) is 20.3. The van der Waals surface area contributed by atoms with Crippen LogP contribution in [0.2, 0.25) is 0 Å². The number of aliphatic hydroxyl groups excluding tert-OH is 1. The smallest absolute Gasteiger partial charge is 0.392 e. The predicted octanol–water partition coefficient (Wildman–Crippen LogP) is 2.60. The third-order valence-electron chi connectivity index (χ3n) is 4.66. The number of hydrogen-bond donors (Lipinski definition) is 2. The summed E-state index contributed by atoms with van der Waals surface area (Å²) in [5.41, 5.74) is 0.924. The van der Waals surface area contributed by atoms with Crippen LogP contribution in [0.3, 0.4) is 0 Å². The van der Waals surface area contributed by atoms with Crippen molar-refractivity contribution in [3.63, 3.8) is 0 Å².